The minimum absolute atomic E-state index is 0.0467. The van der Waals surface area contributed by atoms with E-state index in [9.17, 15) is 9.59 Å². The topological polar surface area (TPSA) is 86.9 Å². The lowest BCUT2D eigenvalue weighted by molar-refractivity contribution is -0.138. The van der Waals surface area contributed by atoms with Crippen LogP contribution >= 0.6 is 0 Å². The van der Waals surface area contributed by atoms with E-state index >= 15 is 0 Å². The van der Waals surface area contributed by atoms with Crippen molar-refractivity contribution < 1.29 is 14.7 Å². The van der Waals surface area contributed by atoms with Gasteiger partial charge in [0.1, 0.15) is 0 Å². The number of carboxylic acids is 1. The van der Waals surface area contributed by atoms with E-state index in [4.69, 9.17) is 10.8 Å². The maximum absolute atomic E-state index is 12.1. The lowest BCUT2D eigenvalue weighted by Gasteiger charge is -2.38. The van der Waals surface area contributed by atoms with Gasteiger partial charge in [0, 0.05) is 38.6 Å². The predicted molar refractivity (Wildman–Crippen MR) is 75.3 cm³/mol. The number of carbonyl (C=O) groups excluding carboxylic acids is 1. The summed E-state index contributed by atoms with van der Waals surface area (Å²) >= 11 is 0. The summed E-state index contributed by atoms with van der Waals surface area (Å²) in [6.45, 7) is 3.27. The Morgan fingerprint density at radius 2 is 1.75 bits per heavy atom. The van der Waals surface area contributed by atoms with Gasteiger partial charge in [-0.05, 0) is 19.3 Å². The molecule has 0 aromatic rings. The van der Waals surface area contributed by atoms with E-state index < -0.39 is 12.0 Å². The molecule has 20 heavy (non-hydrogen) atoms. The second kappa shape index (κ2) is 7.04. The van der Waals surface area contributed by atoms with Crippen molar-refractivity contribution in [1.29, 1.82) is 0 Å². The number of hydrogen-bond donors (Lipinski definition) is 2. The van der Waals surface area contributed by atoms with Crippen LogP contribution in [-0.4, -0.2) is 65.0 Å². The second-order valence-electron chi connectivity index (χ2n) is 5.84. The monoisotopic (exact) mass is 283 g/mol. The van der Waals surface area contributed by atoms with Gasteiger partial charge in [-0.15, -0.1) is 0 Å². The van der Waals surface area contributed by atoms with Crippen molar-refractivity contribution in [3.63, 3.8) is 0 Å². The predicted octanol–water partition coefficient (Wildman–Crippen LogP) is 0.265. The lowest BCUT2D eigenvalue weighted by Crippen LogP contribution is -2.54. The minimum atomic E-state index is -0.903. The normalized spacial score (nSPS) is 22.9. The fraction of sp³-hybridized carbons (Fsp3) is 0.857. The second-order valence-corrected chi connectivity index (χ2v) is 5.84. The molecule has 2 rings (SSSR count). The molecule has 1 atom stereocenters. The summed E-state index contributed by atoms with van der Waals surface area (Å²) in [6, 6.07) is 0.0251. The zero-order valence-electron chi connectivity index (χ0n) is 12.0. The molecule has 2 aliphatic rings. The molecule has 1 unspecified atom stereocenters. The molecule has 0 spiro atoms. The van der Waals surface area contributed by atoms with Crippen LogP contribution in [0.3, 0.4) is 0 Å². The number of carbonyl (C=O) groups is 2. The molecule has 1 aliphatic carbocycles. The Bertz CT molecular complexity index is 348. The van der Waals surface area contributed by atoms with Gasteiger partial charge in [-0.2, -0.15) is 0 Å². The maximum Gasteiger partial charge on any atom is 0.303 e. The van der Waals surface area contributed by atoms with Crippen LogP contribution < -0.4 is 5.73 Å². The van der Waals surface area contributed by atoms with Crippen molar-refractivity contribution in [2.24, 2.45) is 5.73 Å². The van der Waals surface area contributed by atoms with Gasteiger partial charge < -0.3 is 15.7 Å². The van der Waals surface area contributed by atoms with Crippen molar-refractivity contribution in [3.8, 4) is 0 Å². The molecular weight excluding hydrogens is 258 g/mol. The summed E-state index contributed by atoms with van der Waals surface area (Å²) in [7, 11) is 0. The third-order valence-corrected chi connectivity index (χ3v) is 4.45. The third-order valence-electron chi connectivity index (χ3n) is 4.45. The van der Waals surface area contributed by atoms with Crippen LogP contribution in [0, 0.1) is 0 Å². The van der Waals surface area contributed by atoms with Crippen LogP contribution in [0.5, 0.6) is 0 Å². The minimum Gasteiger partial charge on any atom is -0.481 e. The van der Waals surface area contributed by atoms with Gasteiger partial charge >= 0.3 is 5.97 Å². The fourth-order valence-corrected chi connectivity index (χ4v) is 3.21. The van der Waals surface area contributed by atoms with Gasteiger partial charge in [0.25, 0.3) is 0 Å². The zero-order chi connectivity index (χ0) is 14.5. The van der Waals surface area contributed by atoms with E-state index in [0.717, 1.165) is 26.2 Å². The Hall–Kier alpha value is -1.14. The molecular formula is C14H25N3O3. The fourth-order valence-electron chi connectivity index (χ4n) is 3.21. The van der Waals surface area contributed by atoms with Crippen molar-refractivity contribution in [2.45, 2.75) is 50.6 Å². The van der Waals surface area contributed by atoms with E-state index in [0.29, 0.717) is 6.04 Å². The molecule has 0 aromatic carbocycles. The zero-order valence-corrected chi connectivity index (χ0v) is 12.0. The van der Waals surface area contributed by atoms with Crippen molar-refractivity contribution in [2.75, 3.05) is 26.2 Å². The van der Waals surface area contributed by atoms with Gasteiger partial charge in [-0.1, -0.05) is 12.8 Å². The quantitative estimate of drug-likeness (QED) is 0.756. The molecule has 6 nitrogen and oxygen atoms in total. The number of rotatable bonds is 5. The first-order valence-corrected chi connectivity index (χ1v) is 7.58. The number of piperazine rings is 1. The summed E-state index contributed by atoms with van der Waals surface area (Å²) in [5.41, 5.74) is 5.78. The van der Waals surface area contributed by atoms with E-state index in [1.807, 2.05) is 0 Å². The van der Waals surface area contributed by atoms with Crippen molar-refractivity contribution in [1.82, 2.24) is 9.80 Å². The molecule has 1 heterocycles. The molecule has 2 fully saturated rings. The molecule has 0 bridgehead atoms. The number of carboxylic acid groups (broad SMARTS) is 1. The first-order chi connectivity index (χ1) is 9.58. The Kier molecular flexibility index (Phi) is 5.37. The Morgan fingerprint density at radius 3 is 2.30 bits per heavy atom. The molecule has 1 amide bonds. The van der Waals surface area contributed by atoms with Crippen LogP contribution in [0.15, 0.2) is 0 Å². The average Bonchev–Trinajstić information content (AvgIpc) is 2.98. The van der Waals surface area contributed by atoms with E-state index in [-0.39, 0.29) is 18.7 Å². The van der Waals surface area contributed by atoms with Crippen LogP contribution in [0.2, 0.25) is 0 Å². The number of hydrogen-bond acceptors (Lipinski definition) is 4. The van der Waals surface area contributed by atoms with Crippen molar-refractivity contribution >= 4 is 11.9 Å². The highest BCUT2D eigenvalue weighted by Gasteiger charge is 2.29. The third kappa shape index (κ3) is 3.93. The van der Waals surface area contributed by atoms with E-state index in [1.54, 1.807) is 4.90 Å². The molecule has 0 aromatic heterocycles. The Labute approximate surface area is 119 Å². The van der Waals surface area contributed by atoms with Crippen LogP contribution in [0.1, 0.15) is 38.5 Å². The summed E-state index contributed by atoms with van der Waals surface area (Å²) in [5, 5.41) is 8.62. The smallest absolute Gasteiger partial charge is 0.303 e. The van der Waals surface area contributed by atoms with Gasteiger partial charge in [-0.3, -0.25) is 14.5 Å². The maximum atomic E-state index is 12.1. The average molecular weight is 283 g/mol. The molecule has 6 heteroatoms. The Balaban J connectivity index is 1.74. The summed E-state index contributed by atoms with van der Waals surface area (Å²) in [4.78, 5) is 26.9. The van der Waals surface area contributed by atoms with E-state index in [1.165, 1.54) is 25.7 Å². The molecule has 1 saturated heterocycles. The number of nitrogens with two attached hydrogens (primary N) is 1. The highest BCUT2D eigenvalue weighted by molar-refractivity contribution is 5.82. The first kappa shape index (κ1) is 15.3. The highest BCUT2D eigenvalue weighted by Crippen LogP contribution is 2.24. The van der Waals surface area contributed by atoms with E-state index in [2.05, 4.69) is 4.90 Å². The lowest BCUT2D eigenvalue weighted by atomic mass is 10.1. The largest absolute Gasteiger partial charge is 0.481 e. The molecule has 3 N–H and O–H groups in total. The number of aliphatic carboxylic acids is 1. The van der Waals surface area contributed by atoms with Gasteiger partial charge in [0.05, 0.1) is 6.04 Å². The van der Waals surface area contributed by atoms with Gasteiger partial charge in [0.2, 0.25) is 5.91 Å². The molecule has 0 radical (unpaired) electrons. The summed E-state index contributed by atoms with van der Waals surface area (Å²) < 4.78 is 0. The van der Waals surface area contributed by atoms with Crippen LogP contribution in [0.4, 0.5) is 0 Å². The number of nitrogens with zero attached hydrogens (tertiary/aromatic N) is 2. The SMILES string of the molecule is NC(CCC(=O)O)C(=O)N1CCN(C2CCCC2)CC1. The number of amides is 1. The van der Waals surface area contributed by atoms with Crippen LogP contribution in [0.25, 0.3) is 0 Å². The summed E-state index contributed by atoms with van der Waals surface area (Å²) in [5.74, 6) is -1.00. The summed E-state index contributed by atoms with van der Waals surface area (Å²) in [6.07, 6.45) is 5.39. The molecule has 114 valence electrons. The molecule has 1 aliphatic heterocycles. The Morgan fingerprint density at radius 1 is 1.15 bits per heavy atom. The standard InChI is InChI=1S/C14H25N3O3/c15-12(5-6-13(18)19)14(20)17-9-7-16(8-10-17)11-3-1-2-4-11/h11-12H,1-10,15H2,(H,18,19). The van der Waals surface area contributed by atoms with Gasteiger partial charge in [0.15, 0.2) is 0 Å². The van der Waals surface area contributed by atoms with Crippen LogP contribution in [-0.2, 0) is 9.59 Å². The first-order valence-electron chi connectivity index (χ1n) is 7.58. The van der Waals surface area contributed by atoms with Crippen molar-refractivity contribution in [3.05, 3.63) is 0 Å². The molecule has 1 saturated carbocycles. The van der Waals surface area contributed by atoms with Gasteiger partial charge in [-0.25, -0.2) is 0 Å². The highest BCUT2D eigenvalue weighted by atomic mass is 16.4.